The van der Waals surface area contributed by atoms with E-state index >= 15 is 0 Å². The molecule has 2 heterocycles. The predicted molar refractivity (Wildman–Crippen MR) is 73.0 cm³/mol. The minimum Gasteiger partial charge on any atom is -0.406 e. The molecule has 0 aliphatic carbocycles. The minimum atomic E-state index is -0.217. The van der Waals surface area contributed by atoms with Crippen LogP contribution in [-0.4, -0.2) is 23.3 Å². The third kappa shape index (κ3) is 3.37. The van der Waals surface area contributed by atoms with Gasteiger partial charge in [0.2, 0.25) is 5.89 Å². The third-order valence-electron chi connectivity index (χ3n) is 3.59. The minimum absolute atomic E-state index is 0.217. The second-order valence-electron chi connectivity index (χ2n) is 5.11. The van der Waals surface area contributed by atoms with E-state index in [1.165, 1.54) is 32.1 Å². The second-order valence-corrected chi connectivity index (χ2v) is 5.77. The highest BCUT2D eigenvalue weighted by molar-refractivity contribution is 6.20. The zero-order valence-corrected chi connectivity index (χ0v) is 12.0. The molecule has 2 rings (SSSR count). The molecule has 1 aliphatic heterocycles. The molecule has 18 heavy (non-hydrogen) atoms. The summed E-state index contributed by atoms with van der Waals surface area (Å²) in [6, 6.07) is 0.634. The lowest BCUT2D eigenvalue weighted by Gasteiger charge is -2.17. The standard InChI is InChI=1S/C13H22ClN3O/c1-3-5-11-6-4-8-17(9-7-11)13-16-15-12(18-13)10(2)14/h10-11H,3-9H2,1-2H3. The summed E-state index contributed by atoms with van der Waals surface area (Å²) in [6.07, 6.45) is 6.36. The van der Waals surface area contributed by atoms with Crippen LogP contribution in [0.4, 0.5) is 6.01 Å². The Morgan fingerprint density at radius 1 is 1.39 bits per heavy atom. The van der Waals surface area contributed by atoms with Crippen LogP contribution in [0.1, 0.15) is 57.2 Å². The highest BCUT2D eigenvalue weighted by Gasteiger charge is 2.21. The van der Waals surface area contributed by atoms with Crippen LogP contribution in [-0.2, 0) is 0 Å². The third-order valence-corrected chi connectivity index (χ3v) is 3.77. The predicted octanol–water partition coefficient (Wildman–Crippen LogP) is 3.78. The molecule has 0 N–H and O–H groups in total. The van der Waals surface area contributed by atoms with Crippen LogP contribution in [0.15, 0.2) is 4.42 Å². The van der Waals surface area contributed by atoms with E-state index in [1.54, 1.807) is 0 Å². The van der Waals surface area contributed by atoms with Crippen LogP contribution in [0.5, 0.6) is 0 Å². The molecule has 2 unspecified atom stereocenters. The van der Waals surface area contributed by atoms with Crippen molar-refractivity contribution in [1.82, 2.24) is 10.2 Å². The molecule has 1 aromatic rings. The van der Waals surface area contributed by atoms with E-state index in [0.717, 1.165) is 19.0 Å². The molecule has 2 atom stereocenters. The summed E-state index contributed by atoms with van der Waals surface area (Å²) in [5.41, 5.74) is 0. The van der Waals surface area contributed by atoms with Crippen molar-refractivity contribution in [3.8, 4) is 0 Å². The van der Waals surface area contributed by atoms with Crippen molar-refractivity contribution in [1.29, 1.82) is 0 Å². The molecule has 1 fully saturated rings. The summed E-state index contributed by atoms with van der Waals surface area (Å²) in [6.45, 7) is 6.13. The molecule has 1 aliphatic rings. The summed E-state index contributed by atoms with van der Waals surface area (Å²) >= 11 is 5.94. The Bertz CT molecular complexity index is 367. The fourth-order valence-electron chi connectivity index (χ4n) is 2.57. The fraction of sp³-hybridized carbons (Fsp3) is 0.846. The highest BCUT2D eigenvalue weighted by atomic mass is 35.5. The van der Waals surface area contributed by atoms with Crippen molar-refractivity contribution in [3.63, 3.8) is 0 Å². The number of hydrogen-bond acceptors (Lipinski definition) is 4. The van der Waals surface area contributed by atoms with Gasteiger partial charge < -0.3 is 9.32 Å². The van der Waals surface area contributed by atoms with Gasteiger partial charge in [0.15, 0.2) is 0 Å². The SMILES string of the molecule is CCCC1CCCN(c2nnc(C(C)Cl)o2)CC1. The Balaban J connectivity index is 1.96. The monoisotopic (exact) mass is 271 g/mol. The quantitative estimate of drug-likeness (QED) is 0.782. The number of nitrogens with zero attached hydrogens (tertiary/aromatic N) is 3. The van der Waals surface area contributed by atoms with Crippen molar-refractivity contribution >= 4 is 17.6 Å². The van der Waals surface area contributed by atoms with Crippen molar-refractivity contribution < 1.29 is 4.42 Å². The normalized spacial score (nSPS) is 22.8. The molecular formula is C13H22ClN3O. The lowest BCUT2D eigenvalue weighted by atomic mass is 9.96. The maximum absolute atomic E-state index is 5.94. The van der Waals surface area contributed by atoms with Gasteiger partial charge in [0, 0.05) is 13.1 Å². The van der Waals surface area contributed by atoms with E-state index < -0.39 is 0 Å². The summed E-state index contributed by atoms with van der Waals surface area (Å²) in [5, 5.41) is 7.87. The van der Waals surface area contributed by atoms with E-state index in [2.05, 4.69) is 22.0 Å². The summed E-state index contributed by atoms with van der Waals surface area (Å²) < 4.78 is 5.61. The number of halogens is 1. The number of aromatic nitrogens is 2. The Morgan fingerprint density at radius 2 is 2.22 bits per heavy atom. The van der Waals surface area contributed by atoms with Gasteiger partial charge in [0.25, 0.3) is 0 Å². The molecule has 0 amide bonds. The first-order valence-corrected chi connectivity index (χ1v) is 7.36. The van der Waals surface area contributed by atoms with Gasteiger partial charge in [0.1, 0.15) is 5.38 Å². The van der Waals surface area contributed by atoms with Crippen molar-refractivity contribution in [2.24, 2.45) is 5.92 Å². The number of anilines is 1. The van der Waals surface area contributed by atoms with Gasteiger partial charge in [-0.3, -0.25) is 0 Å². The van der Waals surface area contributed by atoms with E-state index in [0.29, 0.717) is 11.9 Å². The van der Waals surface area contributed by atoms with Crippen LogP contribution >= 0.6 is 11.6 Å². The van der Waals surface area contributed by atoms with Crippen LogP contribution in [0.25, 0.3) is 0 Å². The van der Waals surface area contributed by atoms with E-state index in [9.17, 15) is 0 Å². The van der Waals surface area contributed by atoms with Gasteiger partial charge in [0.05, 0.1) is 0 Å². The number of hydrogen-bond donors (Lipinski definition) is 0. The first-order valence-electron chi connectivity index (χ1n) is 6.93. The van der Waals surface area contributed by atoms with Crippen molar-refractivity contribution in [2.75, 3.05) is 18.0 Å². The van der Waals surface area contributed by atoms with Crippen LogP contribution in [0, 0.1) is 5.92 Å². The van der Waals surface area contributed by atoms with Crippen molar-refractivity contribution in [2.45, 2.75) is 51.3 Å². The molecule has 1 aromatic heterocycles. The largest absolute Gasteiger partial charge is 0.406 e. The molecule has 0 radical (unpaired) electrons. The second kappa shape index (κ2) is 6.41. The Morgan fingerprint density at radius 3 is 2.89 bits per heavy atom. The smallest absolute Gasteiger partial charge is 0.318 e. The molecule has 4 nitrogen and oxygen atoms in total. The maximum atomic E-state index is 5.94. The Kier molecular flexibility index (Phi) is 4.87. The Labute approximate surface area is 114 Å². The topological polar surface area (TPSA) is 42.2 Å². The summed E-state index contributed by atoms with van der Waals surface area (Å²) in [7, 11) is 0. The number of rotatable bonds is 4. The molecule has 5 heteroatoms. The van der Waals surface area contributed by atoms with Crippen LogP contribution < -0.4 is 4.90 Å². The van der Waals surface area contributed by atoms with Gasteiger partial charge in [-0.05, 0) is 32.1 Å². The molecule has 0 spiro atoms. The molecule has 1 saturated heterocycles. The first-order chi connectivity index (χ1) is 8.70. The molecular weight excluding hydrogens is 250 g/mol. The first kappa shape index (κ1) is 13.7. The summed E-state index contributed by atoms with van der Waals surface area (Å²) in [4.78, 5) is 2.20. The Hall–Kier alpha value is -0.770. The molecule has 102 valence electrons. The highest BCUT2D eigenvalue weighted by Crippen LogP contribution is 2.26. The summed E-state index contributed by atoms with van der Waals surface area (Å²) in [5.74, 6) is 1.37. The average molecular weight is 272 g/mol. The fourth-order valence-corrected chi connectivity index (χ4v) is 2.66. The zero-order valence-electron chi connectivity index (χ0n) is 11.2. The van der Waals surface area contributed by atoms with Crippen LogP contribution in [0.3, 0.4) is 0 Å². The van der Waals surface area contributed by atoms with Crippen LogP contribution in [0.2, 0.25) is 0 Å². The number of alkyl halides is 1. The lowest BCUT2D eigenvalue weighted by molar-refractivity contribution is 0.433. The van der Waals surface area contributed by atoms with Gasteiger partial charge in [-0.15, -0.1) is 16.7 Å². The van der Waals surface area contributed by atoms with Gasteiger partial charge in [-0.25, -0.2) is 0 Å². The maximum Gasteiger partial charge on any atom is 0.318 e. The molecule has 0 aromatic carbocycles. The van der Waals surface area contributed by atoms with E-state index in [1.807, 2.05) is 6.92 Å². The van der Waals surface area contributed by atoms with E-state index in [-0.39, 0.29) is 5.38 Å². The lowest BCUT2D eigenvalue weighted by Crippen LogP contribution is -2.24. The van der Waals surface area contributed by atoms with E-state index in [4.69, 9.17) is 16.0 Å². The molecule has 0 saturated carbocycles. The molecule has 0 bridgehead atoms. The zero-order chi connectivity index (χ0) is 13.0. The van der Waals surface area contributed by atoms with Gasteiger partial charge in [-0.2, -0.15) is 0 Å². The average Bonchev–Trinajstić information content (AvgIpc) is 2.72. The van der Waals surface area contributed by atoms with Gasteiger partial charge >= 0.3 is 6.01 Å². The van der Waals surface area contributed by atoms with Gasteiger partial charge in [-0.1, -0.05) is 24.9 Å². The van der Waals surface area contributed by atoms with Crippen molar-refractivity contribution in [3.05, 3.63) is 5.89 Å².